The molecule has 3 N–H and O–H groups in total. The molecule has 0 saturated carbocycles. The minimum absolute atomic E-state index is 0.101. The Balaban J connectivity index is 2.03. The molecule has 2 aromatic rings. The highest BCUT2D eigenvalue weighted by molar-refractivity contribution is 7.10. The number of carbonyl (C=O) groups is 1. The second kappa shape index (κ2) is 7.13. The molecular formula is C16H20N2O2S. The van der Waals surface area contributed by atoms with E-state index in [1.807, 2.05) is 24.3 Å². The van der Waals surface area contributed by atoms with Gasteiger partial charge in [-0.2, -0.15) is 0 Å². The van der Waals surface area contributed by atoms with Gasteiger partial charge in [0.15, 0.2) is 6.61 Å². The number of hydrogen-bond donors (Lipinski definition) is 2. The molecule has 1 unspecified atom stereocenters. The average Bonchev–Trinajstić information content (AvgIpc) is 2.97. The van der Waals surface area contributed by atoms with Crippen LogP contribution < -0.4 is 15.8 Å². The lowest BCUT2D eigenvalue weighted by Crippen LogP contribution is -2.20. The van der Waals surface area contributed by atoms with Crippen molar-refractivity contribution in [1.29, 1.82) is 0 Å². The minimum atomic E-state index is -0.477. The number of carbonyl (C=O) groups excluding carboxylic acids is 1. The summed E-state index contributed by atoms with van der Waals surface area (Å²) in [5, 5.41) is 5.63. The largest absolute Gasteiger partial charge is 0.484 e. The van der Waals surface area contributed by atoms with Crippen LogP contribution in [0, 0.1) is 5.92 Å². The maximum atomic E-state index is 10.7. The normalized spacial score (nSPS) is 12.1. The monoisotopic (exact) mass is 304 g/mol. The van der Waals surface area contributed by atoms with Crippen molar-refractivity contribution in [1.82, 2.24) is 0 Å². The van der Waals surface area contributed by atoms with E-state index < -0.39 is 5.91 Å². The van der Waals surface area contributed by atoms with Gasteiger partial charge >= 0.3 is 0 Å². The van der Waals surface area contributed by atoms with Crippen molar-refractivity contribution in [2.75, 3.05) is 11.9 Å². The van der Waals surface area contributed by atoms with Crippen LogP contribution in [0.3, 0.4) is 0 Å². The van der Waals surface area contributed by atoms with E-state index in [2.05, 4.69) is 36.7 Å². The molecule has 5 heteroatoms. The standard InChI is InChI=1S/C16H20N2O2S/c1-11(2)16(14-4-3-9-21-14)18-12-5-7-13(8-6-12)20-10-15(17)19/h3-9,11,16,18H,10H2,1-2H3,(H2,17,19). The number of ether oxygens (including phenoxy) is 1. The summed E-state index contributed by atoms with van der Waals surface area (Å²) in [6.45, 7) is 4.29. The number of nitrogens with two attached hydrogens (primary N) is 1. The van der Waals surface area contributed by atoms with Crippen LogP contribution in [0.4, 0.5) is 5.69 Å². The van der Waals surface area contributed by atoms with E-state index in [1.165, 1.54) is 4.88 Å². The molecule has 1 atom stereocenters. The predicted molar refractivity (Wildman–Crippen MR) is 86.7 cm³/mol. The third-order valence-electron chi connectivity index (χ3n) is 3.07. The number of anilines is 1. The maximum absolute atomic E-state index is 10.7. The van der Waals surface area contributed by atoms with Crippen molar-refractivity contribution in [3.05, 3.63) is 46.7 Å². The molecule has 4 nitrogen and oxygen atoms in total. The third kappa shape index (κ3) is 4.49. The van der Waals surface area contributed by atoms with E-state index in [1.54, 1.807) is 11.3 Å². The zero-order valence-corrected chi connectivity index (χ0v) is 13.0. The first-order valence-corrected chi connectivity index (χ1v) is 7.75. The van der Waals surface area contributed by atoms with Crippen LogP contribution in [0.1, 0.15) is 24.8 Å². The van der Waals surface area contributed by atoms with Crippen molar-refractivity contribution >= 4 is 22.9 Å². The molecule has 0 saturated heterocycles. The Morgan fingerprint density at radius 2 is 2.00 bits per heavy atom. The van der Waals surface area contributed by atoms with E-state index in [-0.39, 0.29) is 12.6 Å². The number of amides is 1. The number of hydrogen-bond acceptors (Lipinski definition) is 4. The molecule has 0 aliphatic rings. The molecule has 0 fully saturated rings. The molecule has 2 rings (SSSR count). The second-order valence-electron chi connectivity index (χ2n) is 5.16. The highest BCUT2D eigenvalue weighted by Gasteiger charge is 2.16. The summed E-state index contributed by atoms with van der Waals surface area (Å²) in [5.74, 6) is 0.640. The summed E-state index contributed by atoms with van der Waals surface area (Å²) >= 11 is 1.75. The third-order valence-corrected chi connectivity index (χ3v) is 4.03. The summed E-state index contributed by atoms with van der Waals surface area (Å²) in [6.07, 6.45) is 0. The molecule has 0 spiro atoms. The lowest BCUT2D eigenvalue weighted by Gasteiger charge is -2.22. The van der Waals surface area contributed by atoms with Gasteiger partial charge in [0.2, 0.25) is 0 Å². The van der Waals surface area contributed by atoms with Gasteiger partial charge < -0.3 is 15.8 Å². The fourth-order valence-corrected chi connectivity index (χ4v) is 2.97. The molecule has 1 heterocycles. The van der Waals surface area contributed by atoms with Crippen LogP contribution in [0.2, 0.25) is 0 Å². The van der Waals surface area contributed by atoms with Crippen LogP contribution in [-0.4, -0.2) is 12.5 Å². The fraction of sp³-hybridized carbons (Fsp3) is 0.312. The second-order valence-corrected chi connectivity index (χ2v) is 6.14. The highest BCUT2D eigenvalue weighted by Crippen LogP contribution is 2.30. The van der Waals surface area contributed by atoms with Crippen LogP contribution in [0.25, 0.3) is 0 Å². The van der Waals surface area contributed by atoms with E-state index in [4.69, 9.17) is 10.5 Å². The van der Waals surface area contributed by atoms with Crippen molar-refractivity contribution in [3.8, 4) is 5.75 Å². The summed E-state index contributed by atoms with van der Waals surface area (Å²) in [7, 11) is 0. The van der Waals surface area contributed by atoms with Gasteiger partial charge in [-0.1, -0.05) is 19.9 Å². The summed E-state index contributed by atoms with van der Waals surface area (Å²) in [6, 6.07) is 12.0. The lowest BCUT2D eigenvalue weighted by atomic mass is 10.0. The highest BCUT2D eigenvalue weighted by atomic mass is 32.1. The molecular weight excluding hydrogens is 284 g/mol. The zero-order valence-electron chi connectivity index (χ0n) is 12.2. The van der Waals surface area contributed by atoms with Gasteiger partial charge in [-0.3, -0.25) is 4.79 Å². The lowest BCUT2D eigenvalue weighted by molar-refractivity contribution is -0.119. The first kappa shape index (κ1) is 15.4. The van der Waals surface area contributed by atoms with Gasteiger partial charge in [0.1, 0.15) is 5.75 Å². The van der Waals surface area contributed by atoms with Gasteiger partial charge in [0, 0.05) is 10.6 Å². The summed E-state index contributed by atoms with van der Waals surface area (Å²) < 4.78 is 5.25. The summed E-state index contributed by atoms with van der Waals surface area (Å²) in [5.41, 5.74) is 6.07. The molecule has 21 heavy (non-hydrogen) atoms. The quantitative estimate of drug-likeness (QED) is 0.823. The average molecular weight is 304 g/mol. The van der Waals surface area contributed by atoms with Gasteiger partial charge in [-0.15, -0.1) is 11.3 Å². The molecule has 1 amide bonds. The molecule has 0 radical (unpaired) electrons. The van der Waals surface area contributed by atoms with Crippen molar-refractivity contribution in [2.45, 2.75) is 19.9 Å². The smallest absolute Gasteiger partial charge is 0.255 e. The van der Waals surface area contributed by atoms with Crippen LogP contribution in [-0.2, 0) is 4.79 Å². The maximum Gasteiger partial charge on any atom is 0.255 e. The van der Waals surface area contributed by atoms with Gasteiger partial charge in [0.05, 0.1) is 6.04 Å². The van der Waals surface area contributed by atoms with E-state index >= 15 is 0 Å². The van der Waals surface area contributed by atoms with Crippen molar-refractivity contribution in [3.63, 3.8) is 0 Å². The van der Waals surface area contributed by atoms with Crippen LogP contribution in [0.15, 0.2) is 41.8 Å². The Kier molecular flexibility index (Phi) is 5.22. The Labute approximate surface area is 128 Å². The Hall–Kier alpha value is -2.01. The van der Waals surface area contributed by atoms with Crippen molar-refractivity contribution in [2.24, 2.45) is 11.7 Å². The van der Waals surface area contributed by atoms with Gasteiger partial charge in [-0.25, -0.2) is 0 Å². The number of thiophene rings is 1. The van der Waals surface area contributed by atoms with Crippen LogP contribution >= 0.6 is 11.3 Å². The summed E-state index contributed by atoms with van der Waals surface area (Å²) in [4.78, 5) is 12.0. The topological polar surface area (TPSA) is 64.3 Å². The van der Waals surface area contributed by atoms with Crippen molar-refractivity contribution < 1.29 is 9.53 Å². The van der Waals surface area contributed by atoms with Crippen LogP contribution in [0.5, 0.6) is 5.75 Å². The molecule has 0 bridgehead atoms. The van der Waals surface area contributed by atoms with Gasteiger partial charge in [-0.05, 0) is 41.6 Å². The van der Waals surface area contributed by atoms with E-state index in [9.17, 15) is 4.79 Å². The minimum Gasteiger partial charge on any atom is -0.484 e. The molecule has 112 valence electrons. The zero-order chi connectivity index (χ0) is 15.2. The van der Waals surface area contributed by atoms with E-state index in [0.29, 0.717) is 11.7 Å². The molecule has 1 aromatic heterocycles. The Bertz CT molecular complexity index is 564. The fourth-order valence-electron chi connectivity index (χ4n) is 2.02. The predicted octanol–water partition coefficient (Wildman–Crippen LogP) is 3.42. The first-order valence-electron chi connectivity index (χ1n) is 6.87. The van der Waals surface area contributed by atoms with E-state index in [0.717, 1.165) is 5.69 Å². The molecule has 0 aliphatic carbocycles. The number of rotatable bonds is 7. The Morgan fingerprint density at radius 3 is 2.52 bits per heavy atom. The molecule has 0 aliphatic heterocycles. The number of nitrogens with one attached hydrogen (secondary N) is 1. The first-order chi connectivity index (χ1) is 10.1. The Morgan fingerprint density at radius 1 is 1.29 bits per heavy atom. The number of primary amides is 1. The van der Waals surface area contributed by atoms with Gasteiger partial charge in [0.25, 0.3) is 5.91 Å². The number of benzene rings is 1. The SMILES string of the molecule is CC(C)C(Nc1ccc(OCC(N)=O)cc1)c1cccs1. The molecule has 1 aromatic carbocycles.